The first kappa shape index (κ1) is 23.4. The molecule has 1 amide bonds. The number of thioether (sulfide) groups is 1. The van der Waals surface area contributed by atoms with Crippen LogP contribution in [0.3, 0.4) is 0 Å². The molecule has 1 N–H and O–H groups in total. The zero-order chi connectivity index (χ0) is 23.1. The second kappa shape index (κ2) is 10.9. The highest BCUT2D eigenvalue weighted by atomic mass is 32.2. The number of ether oxygens (including phenoxy) is 4. The molecule has 0 atom stereocenters. The van der Waals surface area contributed by atoms with E-state index in [0.29, 0.717) is 52.1 Å². The number of anilines is 1. The van der Waals surface area contributed by atoms with Crippen molar-refractivity contribution in [2.24, 2.45) is 0 Å². The van der Waals surface area contributed by atoms with Crippen molar-refractivity contribution < 1.29 is 23.7 Å². The normalized spacial score (nSPS) is 10.8. The van der Waals surface area contributed by atoms with Gasteiger partial charge in [-0.25, -0.2) is 4.98 Å². The predicted molar refractivity (Wildman–Crippen MR) is 123 cm³/mol. The summed E-state index contributed by atoms with van der Waals surface area (Å²) in [6, 6.07) is 10.4. The maximum atomic E-state index is 12.9. The van der Waals surface area contributed by atoms with Gasteiger partial charge in [0.1, 0.15) is 0 Å². The number of carbonyl (C=O) groups excluding carboxylic acids is 1. The van der Waals surface area contributed by atoms with Crippen molar-refractivity contribution in [3.8, 4) is 17.2 Å². The van der Waals surface area contributed by atoms with E-state index in [1.165, 1.54) is 37.7 Å². The minimum absolute atomic E-state index is 0.0500. The minimum atomic E-state index is -0.273. The van der Waals surface area contributed by atoms with E-state index >= 15 is 0 Å². The first-order valence-corrected chi connectivity index (χ1v) is 10.7. The summed E-state index contributed by atoms with van der Waals surface area (Å²) < 4.78 is 22.6. The number of carbonyl (C=O) groups is 1. The van der Waals surface area contributed by atoms with Gasteiger partial charge in [0.2, 0.25) is 11.7 Å². The van der Waals surface area contributed by atoms with Crippen molar-refractivity contribution in [1.82, 2.24) is 9.55 Å². The highest BCUT2D eigenvalue weighted by Crippen LogP contribution is 2.40. The molecule has 170 valence electrons. The molecule has 1 heterocycles. The molecule has 0 unspecified atom stereocenters. The topological polar surface area (TPSA) is 101 Å². The van der Waals surface area contributed by atoms with Crippen LogP contribution in [0.4, 0.5) is 5.69 Å². The van der Waals surface area contributed by atoms with E-state index in [0.717, 1.165) is 0 Å². The van der Waals surface area contributed by atoms with Crippen LogP contribution in [0.2, 0.25) is 0 Å². The Morgan fingerprint density at radius 3 is 2.38 bits per heavy atom. The first-order chi connectivity index (χ1) is 15.5. The van der Waals surface area contributed by atoms with Gasteiger partial charge in [-0.15, -0.1) is 0 Å². The number of rotatable bonds is 10. The molecule has 0 aliphatic carbocycles. The first-order valence-electron chi connectivity index (χ1n) is 9.73. The SMILES string of the molecule is COCCn1c(SCC(=O)Nc2cc(OC)c(OC)c(OC)c2)nc2ccccc2c1=O. The van der Waals surface area contributed by atoms with Gasteiger partial charge in [-0.1, -0.05) is 23.9 Å². The van der Waals surface area contributed by atoms with Crippen LogP contribution in [0.25, 0.3) is 10.9 Å². The summed E-state index contributed by atoms with van der Waals surface area (Å²) in [6.07, 6.45) is 0. The van der Waals surface area contributed by atoms with Crippen LogP contribution in [0.15, 0.2) is 46.3 Å². The number of fused-ring (bicyclic) bond motifs is 1. The molecule has 0 spiro atoms. The molecule has 10 heteroatoms. The van der Waals surface area contributed by atoms with Gasteiger partial charge in [0.25, 0.3) is 5.56 Å². The summed E-state index contributed by atoms with van der Waals surface area (Å²) in [7, 11) is 6.08. The van der Waals surface area contributed by atoms with Crippen LogP contribution >= 0.6 is 11.8 Å². The number of hydrogen-bond acceptors (Lipinski definition) is 8. The molecule has 0 radical (unpaired) electrons. The number of benzene rings is 2. The van der Waals surface area contributed by atoms with Gasteiger partial charge in [0.05, 0.1) is 51.1 Å². The Morgan fingerprint density at radius 2 is 1.75 bits per heavy atom. The second-order valence-corrected chi connectivity index (χ2v) is 7.55. The number of para-hydroxylation sites is 1. The van der Waals surface area contributed by atoms with E-state index in [2.05, 4.69) is 10.3 Å². The summed E-state index contributed by atoms with van der Waals surface area (Å²) in [4.78, 5) is 30.1. The van der Waals surface area contributed by atoms with Gasteiger partial charge in [-0.3, -0.25) is 14.2 Å². The summed E-state index contributed by atoms with van der Waals surface area (Å²) in [6.45, 7) is 0.690. The molecular formula is C22H25N3O6S. The van der Waals surface area contributed by atoms with Gasteiger partial charge >= 0.3 is 0 Å². The smallest absolute Gasteiger partial charge is 0.262 e. The van der Waals surface area contributed by atoms with Crippen molar-refractivity contribution in [2.45, 2.75) is 11.7 Å². The Kier molecular flexibility index (Phi) is 7.96. The lowest BCUT2D eigenvalue weighted by atomic mass is 10.2. The van der Waals surface area contributed by atoms with Crippen LogP contribution in [0.5, 0.6) is 17.2 Å². The second-order valence-electron chi connectivity index (χ2n) is 6.61. The Balaban J connectivity index is 1.81. The lowest BCUT2D eigenvalue weighted by Crippen LogP contribution is -2.26. The fourth-order valence-electron chi connectivity index (χ4n) is 3.12. The van der Waals surface area contributed by atoms with Crippen molar-refractivity contribution >= 4 is 34.3 Å². The predicted octanol–water partition coefficient (Wildman–Crippen LogP) is 2.80. The lowest BCUT2D eigenvalue weighted by Gasteiger charge is -2.15. The highest BCUT2D eigenvalue weighted by molar-refractivity contribution is 7.99. The maximum Gasteiger partial charge on any atom is 0.262 e. The molecule has 3 aromatic rings. The molecular weight excluding hydrogens is 434 g/mol. The number of hydrogen-bond donors (Lipinski definition) is 1. The maximum absolute atomic E-state index is 12.9. The third kappa shape index (κ3) is 5.14. The van der Waals surface area contributed by atoms with Gasteiger partial charge in [0.15, 0.2) is 16.7 Å². The van der Waals surface area contributed by atoms with E-state index in [9.17, 15) is 9.59 Å². The van der Waals surface area contributed by atoms with Crippen LogP contribution in [-0.4, -0.2) is 56.3 Å². The molecule has 0 bridgehead atoms. The van der Waals surface area contributed by atoms with Crippen molar-refractivity contribution in [3.63, 3.8) is 0 Å². The van der Waals surface area contributed by atoms with E-state index in [4.69, 9.17) is 18.9 Å². The summed E-state index contributed by atoms with van der Waals surface area (Å²) in [5, 5.41) is 3.78. The Bertz CT molecular complexity index is 1140. The number of aromatic nitrogens is 2. The molecule has 0 aliphatic rings. The van der Waals surface area contributed by atoms with Crippen molar-refractivity contribution in [2.75, 3.05) is 46.1 Å². The Labute approximate surface area is 189 Å². The van der Waals surface area contributed by atoms with Gasteiger partial charge in [0, 0.05) is 24.9 Å². The monoisotopic (exact) mass is 459 g/mol. The number of amides is 1. The van der Waals surface area contributed by atoms with E-state index < -0.39 is 0 Å². The zero-order valence-electron chi connectivity index (χ0n) is 18.3. The molecule has 0 aliphatic heterocycles. The average Bonchev–Trinajstić information content (AvgIpc) is 2.81. The van der Waals surface area contributed by atoms with Gasteiger partial charge in [-0.05, 0) is 12.1 Å². The molecule has 2 aromatic carbocycles. The molecule has 32 heavy (non-hydrogen) atoms. The third-order valence-corrected chi connectivity index (χ3v) is 5.60. The third-order valence-electron chi connectivity index (χ3n) is 4.63. The number of nitrogens with one attached hydrogen (secondary N) is 1. The Morgan fingerprint density at radius 1 is 1.06 bits per heavy atom. The van der Waals surface area contributed by atoms with Gasteiger partial charge < -0.3 is 24.3 Å². The fourth-order valence-corrected chi connectivity index (χ4v) is 3.94. The lowest BCUT2D eigenvalue weighted by molar-refractivity contribution is -0.113. The zero-order valence-corrected chi connectivity index (χ0v) is 19.2. The molecule has 9 nitrogen and oxygen atoms in total. The van der Waals surface area contributed by atoms with Crippen LogP contribution < -0.4 is 25.1 Å². The fraction of sp³-hybridized carbons (Fsp3) is 0.318. The van der Waals surface area contributed by atoms with Crippen molar-refractivity contribution in [3.05, 3.63) is 46.8 Å². The van der Waals surface area contributed by atoms with Gasteiger partial charge in [-0.2, -0.15) is 0 Å². The summed E-state index contributed by atoms with van der Waals surface area (Å²) in [5.74, 6) is 1.07. The molecule has 0 saturated heterocycles. The van der Waals surface area contributed by atoms with Crippen molar-refractivity contribution in [1.29, 1.82) is 0 Å². The van der Waals surface area contributed by atoms with Crippen LogP contribution in [-0.2, 0) is 16.1 Å². The molecule has 1 aromatic heterocycles. The van der Waals surface area contributed by atoms with E-state index in [-0.39, 0.29) is 17.2 Å². The standard InChI is InChI=1S/C22H25N3O6S/c1-28-10-9-25-21(27)15-7-5-6-8-16(15)24-22(25)32-13-19(26)23-14-11-17(29-2)20(31-4)18(12-14)30-3/h5-8,11-12H,9-10,13H2,1-4H3,(H,23,26). The largest absolute Gasteiger partial charge is 0.493 e. The van der Waals surface area contributed by atoms with Crippen LogP contribution in [0, 0.1) is 0 Å². The minimum Gasteiger partial charge on any atom is -0.493 e. The summed E-state index contributed by atoms with van der Waals surface area (Å²) >= 11 is 1.18. The quantitative estimate of drug-likeness (QED) is 0.365. The summed E-state index contributed by atoms with van der Waals surface area (Å²) in [5.41, 5.74) is 0.909. The molecule has 0 fully saturated rings. The van der Waals surface area contributed by atoms with E-state index in [1.807, 2.05) is 6.07 Å². The molecule has 3 rings (SSSR count). The average molecular weight is 460 g/mol. The Hall–Kier alpha value is -3.24. The van der Waals surface area contributed by atoms with E-state index in [1.54, 1.807) is 37.4 Å². The molecule has 0 saturated carbocycles. The highest BCUT2D eigenvalue weighted by Gasteiger charge is 2.16. The van der Waals surface area contributed by atoms with Crippen LogP contribution in [0.1, 0.15) is 0 Å². The number of nitrogens with zero attached hydrogens (tertiary/aromatic N) is 2. The number of methoxy groups -OCH3 is 4.